The van der Waals surface area contributed by atoms with Crippen molar-refractivity contribution in [2.24, 2.45) is 0 Å². The van der Waals surface area contributed by atoms with Crippen molar-refractivity contribution in [3.63, 3.8) is 0 Å². The number of hydrogen-bond donors (Lipinski definition) is 1. The van der Waals surface area contributed by atoms with Crippen LogP contribution in [-0.4, -0.2) is 65.9 Å². The van der Waals surface area contributed by atoms with Gasteiger partial charge in [-0.1, -0.05) is 6.07 Å². The average Bonchev–Trinajstić information content (AvgIpc) is 2.54. The molecule has 0 bridgehead atoms. The number of pyridine rings is 1. The molecule has 0 aliphatic carbocycles. The Hall–Kier alpha value is -2.21. The van der Waals surface area contributed by atoms with E-state index < -0.39 is 0 Å². The van der Waals surface area contributed by atoms with Crippen LogP contribution < -0.4 is 5.32 Å². The first-order chi connectivity index (χ1) is 10.7. The number of likely N-dealkylation sites (N-methyl/N-ethyl adjacent to an activating group) is 1. The Kier molecular flexibility index (Phi) is 6.09. The molecule has 118 valence electrons. The molecular weight excluding hydrogens is 280 g/mol. The number of nitrogens with one attached hydrogen (secondary N) is 1. The fourth-order valence-corrected chi connectivity index (χ4v) is 2.32. The van der Waals surface area contributed by atoms with E-state index in [1.54, 1.807) is 23.2 Å². The van der Waals surface area contributed by atoms with E-state index in [1.807, 2.05) is 25.1 Å². The fraction of sp³-hybridized carbons (Fsp3) is 0.438. The van der Waals surface area contributed by atoms with E-state index in [-0.39, 0.29) is 11.8 Å². The van der Waals surface area contributed by atoms with Gasteiger partial charge >= 0.3 is 0 Å². The molecular formula is C16H22N4O2. The SMILES string of the molecule is CCNC(=O)CN1CCN(C(=O)C=Cc2ccccn2)CC1. The summed E-state index contributed by atoms with van der Waals surface area (Å²) in [6.45, 7) is 5.69. The molecule has 1 fully saturated rings. The lowest BCUT2D eigenvalue weighted by molar-refractivity contribution is -0.128. The highest BCUT2D eigenvalue weighted by Gasteiger charge is 2.20. The third kappa shape index (κ3) is 4.96. The van der Waals surface area contributed by atoms with E-state index in [2.05, 4.69) is 15.2 Å². The Morgan fingerprint density at radius 3 is 2.68 bits per heavy atom. The first kappa shape index (κ1) is 16.2. The molecule has 0 aromatic carbocycles. The van der Waals surface area contributed by atoms with Gasteiger partial charge in [0.2, 0.25) is 11.8 Å². The van der Waals surface area contributed by atoms with E-state index in [0.717, 1.165) is 18.8 Å². The second-order valence-corrected chi connectivity index (χ2v) is 5.14. The quantitative estimate of drug-likeness (QED) is 0.798. The topological polar surface area (TPSA) is 65.5 Å². The van der Waals surface area contributed by atoms with Crippen molar-refractivity contribution in [3.8, 4) is 0 Å². The molecule has 0 radical (unpaired) electrons. The molecule has 6 nitrogen and oxygen atoms in total. The molecule has 6 heteroatoms. The molecule has 2 rings (SSSR count). The van der Waals surface area contributed by atoms with E-state index in [1.165, 1.54) is 0 Å². The standard InChI is InChI=1S/C16H22N4O2/c1-2-17-15(21)13-19-9-11-20(12-10-19)16(22)7-6-14-5-3-4-8-18-14/h3-8H,2,9-13H2,1H3,(H,17,21). The highest BCUT2D eigenvalue weighted by molar-refractivity contribution is 5.91. The number of hydrogen-bond acceptors (Lipinski definition) is 4. The minimum absolute atomic E-state index is 0.0108. The highest BCUT2D eigenvalue weighted by Crippen LogP contribution is 2.04. The van der Waals surface area contributed by atoms with E-state index in [0.29, 0.717) is 26.2 Å². The zero-order valence-electron chi connectivity index (χ0n) is 12.9. The van der Waals surface area contributed by atoms with Crippen LogP contribution >= 0.6 is 0 Å². The van der Waals surface area contributed by atoms with Gasteiger partial charge in [0, 0.05) is 45.0 Å². The molecule has 0 atom stereocenters. The lowest BCUT2D eigenvalue weighted by Gasteiger charge is -2.33. The molecule has 0 saturated carbocycles. The normalized spacial score (nSPS) is 16.0. The van der Waals surface area contributed by atoms with Gasteiger partial charge in [-0.3, -0.25) is 19.5 Å². The maximum atomic E-state index is 12.1. The zero-order valence-corrected chi connectivity index (χ0v) is 12.9. The van der Waals surface area contributed by atoms with Crippen LogP contribution in [0.3, 0.4) is 0 Å². The second kappa shape index (κ2) is 8.29. The minimum Gasteiger partial charge on any atom is -0.355 e. The third-order valence-corrected chi connectivity index (χ3v) is 3.51. The molecule has 1 N–H and O–H groups in total. The van der Waals surface area contributed by atoms with Crippen molar-refractivity contribution in [1.82, 2.24) is 20.1 Å². The van der Waals surface area contributed by atoms with Crippen LogP contribution in [0.1, 0.15) is 12.6 Å². The van der Waals surface area contributed by atoms with Gasteiger partial charge in [0.1, 0.15) is 0 Å². The van der Waals surface area contributed by atoms with Gasteiger partial charge in [-0.25, -0.2) is 0 Å². The van der Waals surface area contributed by atoms with Gasteiger partial charge in [-0.05, 0) is 25.1 Å². The van der Waals surface area contributed by atoms with Crippen LogP contribution in [0.5, 0.6) is 0 Å². The second-order valence-electron chi connectivity index (χ2n) is 5.14. The molecule has 1 aliphatic heterocycles. The van der Waals surface area contributed by atoms with Crippen molar-refractivity contribution >= 4 is 17.9 Å². The maximum absolute atomic E-state index is 12.1. The van der Waals surface area contributed by atoms with Crippen LogP contribution in [0.15, 0.2) is 30.5 Å². The van der Waals surface area contributed by atoms with E-state index in [9.17, 15) is 9.59 Å². The van der Waals surface area contributed by atoms with Crippen LogP contribution in [-0.2, 0) is 9.59 Å². The van der Waals surface area contributed by atoms with Gasteiger partial charge in [-0.2, -0.15) is 0 Å². The van der Waals surface area contributed by atoms with Crippen LogP contribution in [0.2, 0.25) is 0 Å². The third-order valence-electron chi connectivity index (χ3n) is 3.51. The van der Waals surface area contributed by atoms with Crippen LogP contribution in [0.25, 0.3) is 6.08 Å². The summed E-state index contributed by atoms with van der Waals surface area (Å²) in [4.78, 5) is 31.7. The van der Waals surface area contributed by atoms with Gasteiger partial charge < -0.3 is 10.2 Å². The Balaban J connectivity index is 1.77. The summed E-state index contributed by atoms with van der Waals surface area (Å²) in [5, 5.41) is 2.79. The number of carbonyl (C=O) groups excluding carboxylic acids is 2. The monoisotopic (exact) mass is 302 g/mol. The molecule has 1 aromatic heterocycles. The van der Waals surface area contributed by atoms with Gasteiger partial charge in [0.05, 0.1) is 12.2 Å². The van der Waals surface area contributed by atoms with Crippen molar-refractivity contribution in [2.45, 2.75) is 6.92 Å². The summed E-state index contributed by atoms with van der Waals surface area (Å²) in [6.07, 6.45) is 4.98. The Morgan fingerprint density at radius 1 is 1.27 bits per heavy atom. The first-order valence-electron chi connectivity index (χ1n) is 7.56. The van der Waals surface area contributed by atoms with Crippen molar-refractivity contribution < 1.29 is 9.59 Å². The summed E-state index contributed by atoms with van der Waals surface area (Å²) in [5.74, 6) is 0.0284. The van der Waals surface area contributed by atoms with Gasteiger partial charge in [0.15, 0.2) is 0 Å². The molecule has 0 unspecified atom stereocenters. The van der Waals surface area contributed by atoms with E-state index in [4.69, 9.17) is 0 Å². The largest absolute Gasteiger partial charge is 0.355 e. The Morgan fingerprint density at radius 2 is 2.05 bits per heavy atom. The zero-order chi connectivity index (χ0) is 15.8. The number of nitrogens with zero attached hydrogens (tertiary/aromatic N) is 3. The predicted molar refractivity (Wildman–Crippen MR) is 85.0 cm³/mol. The lowest BCUT2D eigenvalue weighted by Crippen LogP contribution is -2.50. The molecule has 1 aromatic rings. The Labute approximate surface area is 130 Å². The summed E-state index contributed by atoms with van der Waals surface area (Å²) >= 11 is 0. The highest BCUT2D eigenvalue weighted by atomic mass is 16.2. The van der Waals surface area contributed by atoms with Crippen LogP contribution in [0, 0.1) is 0 Å². The summed E-state index contributed by atoms with van der Waals surface area (Å²) in [6, 6.07) is 5.58. The van der Waals surface area contributed by atoms with Crippen molar-refractivity contribution in [3.05, 3.63) is 36.2 Å². The van der Waals surface area contributed by atoms with Crippen molar-refractivity contribution in [2.75, 3.05) is 39.3 Å². The Bertz CT molecular complexity index is 522. The maximum Gasteiger partial charge on any atom is 0.246 e. The number of amides is 2. The van der Waals surface area contributed by atoms with E-state index >= 15 is 0 Å². The van der Waals surface area contributed by atoms with Gasteiger partial charge in [0.25, 0.3) is 0 Å². The molecule has 22 heavy (non-hydrogen) atoms. The van der Waals surface area contributed by atoms with Crippen molar-refractivity contribution in [1.29, 1.82) is 0 Å². The van der Waals surface area contributed by atoms with Crippen LogP contribution in [0.4, 0.5) is 0 Å². The summed E-state index contributed by atoms with van der Waals surface area (Å²) < 4.78 is 0. The predicted octanol–water partition coefficient (Wildman–Crippen LogP) is 0.375. The molecule has 0 spiro atoms. The number of piperazine rings is 1. The molecule has 2 amide bonds. The smallest absolute Gasteiger partial charge is 0.246 e. The molecule has 1 saturated heterocycles. The lowest BCUT2D eigenvalue weighted by atomic mass is 10.2. The minimum atomic E-state index is -0.0108. The number of aromatic nitrogens is 1. The first-order valence-corrected chi connectivity index (χ1v) is 7.56. The summed E-state index contributed by atoms with van der Waals surface area (Å²) in [5.41, 5.74) is 0.769. The van der Waals surface area contributed by atoms with Gasteiger partial charge in [-0.15, -0.1) is 0 Å². The fourth-order valence-electron chi connectivity index (χ4n) is 2.32. The molecule has 2 heterocycles. The average molecular weight is 302 g/mol. The summed E-state index contributed by atoms with van der Waals surface area (Å²) in [7, 11) is 0. The number of carbonyl (C=O) groups is 2. The number of rotatable bonds is 5. The molecule has 1 aliphatic rings.